The van der Waals surface area contributed by atoms with Crippen LogP contribution >= 0.6 is 0 Å². The van der Waals surface area contributed by atoms with Crippen LogP contribution in [0.2, 0.25) is 0 Å². The van der Waals surface area contributed by atoms with Crippen molar-refractivity contribution in [3.05, 3.63) is 0 Å². The molecule has 5 heteroatoms. The average molecular weight is 259 g/mol. The molecule has 0 bridgehead atoms. The molecule has 1 N–H and O–H groups in total. The number of nitrogens with zero attached hydrogens (tertiary/aromatic N) is 1. The van der Waals surface area contributed by atoms with Gasteiger partial charge in [0, 0.05) is 7.05 Å². The van der Waals surface area contributed by atoms with Gasteiger partial charge in [-0.15, -0.1) is 0 Å². The second-order valence-electron chi connectivity index (χ2n) is 4.60. The van der Waals surface area contributed by atoms with Crippen LogP contribution in [0.4, 0.5) is 4.79 Å². The summed E-state index contributed by atoms with van der Waals surface area (Å²) in [5.41, 5.74) is 0. The molecule has 0 rings (SSSR count). The number of hydrogen-bond acceptors (Lipinski definition) is 3. The zero-order valence-corrected chi connectivity index (χ0v) is 11.6. The van der Waals surface area contributed by atoms with Crippen molar-refractivity contribution in [3.63, 3.8) is 0 Å². The van der Waals surface area contributed by atoms with E-state index in [1.54, 1.807) is 0 Å². The number of ether oxygens (including phenoxy) is 1. The van der Waals surface area contributed by atoms with Gasteiger partial charge in [0.25, 0.3) is 0 Å². The molecule has 0 aliphatic carbocycles. The van der Waals surface area contributed by atoms with E-state index in [1.807, 2.05) is 0 Å². The summed E-state index contributed by atoms with van der Waals surface area (Å²) < 4.78 is 5.11. The molecule has 0 heterocycles. The van der Waals surface area contributed by atoms with Crippen molar-refractivity contribution < 1.29 is 19.4 Å². The van der Waals surface area contributed by atoms with E-state index >= 15 is 0 Å². The zero-order chi connectivity index (χ0) is 14.0. The van der Waals surface area contributed by atoms with Crippen LogP contribution in [0.25, 0.3) is 0 Å². The molecule has 0 aromatic heterocycles. The lowest BCUT2D eigenvalue weighted by Gasteiger charge is -2.18. The normalized spacial score (nSPS) is 11.9. The Morgan fingerprint density at radius 2 is 1.94 bits per heavy atom. The van der Waals surface area contributed by atoms with Crippen LogP contribution in [0.1, 0.15) is 46.0 Å². The van der Waals surface area contributed by atoms with Crippen LogP contribution in [0, 0.1) is 5.92 Å². The Morgan fingerprint density at radius 3 is 2.44 bits per heavy atom. The molecule has 18 heavy (non-hydrogen) atoms. The van der Waals surface area contributed by atoms with Crippen LogP contribution in [-0.4, -0.2) is 42.3 Å². The van der Waals surface area contributed by atoms with Gasteiger partial charge in [-0.2, -0.15) is 0 Å². The molecule has 0 radical (unpaired) electrons. The molecule has 1 amide bonds. The zero-order valence-electron chi connectivity index (χ0n) is 11.6. The molecule has 0 aliphatic rings. The maximum absolute atomic E-state index is 11.5. The van der Waals surface area contributed by atoms with Gasteiger partial charge >= 0.3 is 12.1 Å². The molecule has 0 aromatic rings. The number of carboxylic acids is 1. The van der Waals surface area contributed by atoms with E-state index in [0.29, 0.717) is 12.5 Å². The van der Waals surface area contributed by atoms with Gasteiger partial charge in [-0.25, -0.2) is 4.79 Å². The number of likely N-dealkylation sites (N-methyl/N-ethyl adjacent to an activating group) is 1. The Bertz CT molecular complexity index is 255. The standard InChI is InChI=1S/C13H25NO4/c1-4-6-7-8-11(5-2)10-18-13(17)14(3)9-12(15)16/h11H,4-10H2,1-3H3,(H,15,16). The third kappa shape index (κ3) is 7.92. The fourth-order valence-electron chi connectivity index (χ4n) is 1.66. The van der Waals surface area contributed by atoms with Gasteiger partial charge in [0.15, 0.2) is 0 Å². The number of carbonyl (C=O) groups is 2. The number of amides is 1. The monoisotopic (exact) mass is 259 g/mol. The van der Waals surface area contributed by atoms with Gasteiger partial charge in [-0.1, -0.05) is 39.5 Å². The molecule has 0 spiro atoms. The Morgan fingerprint density at radius 1 is 1.28 bits per heavy atom. The van der Waals surface area contributed by atoms with Crippen molar-refractivity contribution in [2.24, 2.45) is 5.92 Å². The lowest BCUT2D eigenvalue weighted by atomic mass is 10.00. The quantitative estimate of drug-likeness (QED) is 0.646. The van der Waals surface area contributed by atoms with Crippen molar-refractivity contribution in [3.8, 4) is 0 Å². The van der Waals surface area contributed by atoms with E-state index in [9.17, 15) is 9.59 Å². The maximum Gasteiger partial charge on any atom is 0.410 e. The first-order chi connectivity index (χ1) is 8.51. The van der Waals surface area contributed by atoms with Gasteiger partial charge in [-0.05, 0) is 12.3 Å². The van der Waals surface area contributed by atoms with Gasteiger partial charge in [-0.3, -0.25) is 4.79 Å². The van der Waals surface area contributed by atoms with E-state index in [1.165, 1.54) is 19.9 Å². The number of rotatable bonds is 9. The highest BCUT2D eigenvalue weighted by Crippen LogP contribution is 2.14. The van der Waals surface area contributed by atoms with Crippen LogP contribution < -0.4 is 0 Å². The number of carbonyl (C=O) groups excluding carboxylic acids is 1. The van der Waals surface area contributed by atoms with E-state index in [0.717, 1.165) is 24.2 Å². The molecule has 1 atom stereocenters. The minimum atomic E-state index is -1.04. The number of carboxylic acid groups (broad SMARTS) is 1. The molecule has 1 unspecified atom stereocenters. The van der Waals surface area contributed by atoms with Gasteiger partial charge < -0.3 is 14.7 Å². The topological polar surface area (TPSA) is 66.8 Å². The minimum Gasteiger partial charge on any atom is -0.480 e. The van der Waals surface area contributed by atoms with Crippen LogP contribution in [0.3, 0.4) is 0 Å². The predicted octanol–water partition coefficient (Wildman–Crippen LogP) is 2.75. The first-order valence-corrected chi connectivity index (χ1v) is 6.60. The highest BCUT2D eigenvalue weighted by Gasteiger charge is 2.15. The fourth-order valence-corrected chi connectivity index (χ4v) is 1.66. The van der Waals surface area contributed by atoms with Crippen molar-refractivity contribution >= 4 is 12.1 Å². The van der Waals surface area contributed by atoms with Crippen molar-refractivity contribution in [2.75, 3.05) is 20.2 Å². The summed E-state index contributed by atoms with van der Waals surface area (Å²) in [6.45, 7) is 4.28. The predicted molar refractivity (Wildman–Crippen MR) is 69.5 cm³/mol. The SMILES string of the molecule is CCCCCC(CC)COC(=O)N(C)CC(=O)O. The van der Waals surface area contributed by atoms with Crippen LogP contribution in [0.5, 0.6) is 0 Å². The van der Waals surface area contributed by atoms with Crippen molar-refractivity contribution in [1.82, 2.24) is 4.90 Å². The minimum absolute atomic E-state index is 0.328. The Kier molecular flexibility index (Phi) is 9.06. The molecule has 0 saturated heterocycles. The summed E-state index contributed by atoms with van der Waals surface area (Å²) in [7, 11) is 1.43. The van der Waals surface area contributed by atoms with Crippen molar-refractivity contribution in [2.45, 2.75) is 46.0 Å². The van der Waals surface area contributed by atoms with Crippen LogP contribution in [0.15, 0.2) is 0 Å². The van der Waals surface area contributed by atoms with Crippen molar-refractivity contribution in [1.29, 1.82) is 0 Å². The number of hydrogen-bond donors (Lipinski definition) is 1. The maximum atomic E-state index is 11.5. The highest BCUT2D eigenvalue weighted by molar-refractivity contribution is 5.76. The molecule has 0 saturated carbocycles. The Balaban J connectivity index is 3.89. The van der Waals surface area contributed by atoms with Gasteiger partial charge in [0.1, 0.15) is 6.54 Å². The van der Waals surface area contributed by atoms with Gasteiger partial charge in [0.2, 0.25) is 0 Å². The summed E-state index contributed by atoms with van der Waals surface area (Å²) in [6, 6.07) is 0. The number of aliphatic carboxylic acids is 1. The fraction of sp³-hybridized carbons (Fsp3) is 0.846. The lowest BCUT2D eigenvalue weighted by molar-refractivity contribution is -0.137. The summed E-state index contributed by atoms with van der Waals surface area (Å²) in [4.78, 5) is 23.0. The lowest BCUT2D eigenvalue weighted by Crippen LogP contribution is -2.33. The summed E-state index contributed by atoms with van der Waals surface area (Å²) in [5, 5.41) is 8.55. The molecular formula is C13H25NO4. The summed E-state index contributed by atoms with van der Waals surface area (Å²) >= 11 is 0. The molecule has 0 fully saturated rings. The molecule has 0 aliphatic heterocycles. The van der Waals surface area contributed by atoms with Crippen LogP contribution in [-0.2, 0) is 9.53 Å². The first-order valence-electron chi connectivity index (χ1n) is 6.60. The second-order valence-corrected chi connectivity index (χ2v) is 4.60. The Labute approximate surface area is 109 Å². The summed E-state index contributed by atoms with van der Waals surface area (Å²) in [6.07, 6.45) is 4.99. The third-order valence-electron chi connectivity index (χ3n) is 2.92. The largest absolute Gasteiger partial charge is 0.480 e. The number of unbranched alkanes of at least 4 members (excludes halogenated alkanes) is 2. The molecular weight excluding hydrogens is 234 g/mol. The third-order valence-corrected chi connectivity index (χ3v) is 2.92. The first kappa shape index (κ1) is 16.7. The highest BCUT2D eigenvalue weighted by atomic mass is 16.6. The second kappa shape index (κ2) is 9.74. The van der Waals surface area contributed by atoms with E-state index < -0.39 is 12.1 Å². The summed E-state index contributed by atoms with van der Waals surface area (Å²) in [5.74, 6) is -0.664. The van der Waals surface area contributed by atoms with Gasteiger partial charge in [0.05, 0.1) is 6.61 Å². The molecule has 0 aromatic carbocycles. The Hall–Kier alpha value is -1.26. The smallest absolute Gasteiger partial charge is 0.410 e. The van der Waals surface area contributed by atoms with E-state index in [-0.39, 0.29) is 6.54 Å². The molecule has 5 nitrogen and oxygen atoms in total. The molecule has 106 valence electrons. The van der Waals surface area contributed by atoms with E-state index in [4.69, 9.17) is 9.84 Å². The average Bonchev–Trinajstić information content (AvgIpc) is 2.32. The van der Waals surface area contributed by atoms with E-state index in [2.05, 4.69) is 13.8 Å².